The van der Waals surface area contributed by atoms with Crippen LogP contribution in [-0.2, 0) is 23.2 Å². The van der Waals surface area contributed by atoms with Crippen LogP contribution in [0.25, 0.3) is 0 Å². The molecule has 2 N–H and O–H groups in total. The van der Waals surface area contributed by atoms with Crippen molar-refractivity contribution in [3.05, 3.63) is 11.6 Å². The standard InChI is InChI=1S/C12H20N4O/c13-12(5-8-17-9-6-12)11-15-14-10-4-2-1-3-7-16(10)11/h1-9,13H2. The molecule has 0 bridgehead atoms. The first kappa shape index (κ1) is 11.2. The fourth-order valence-electron chi connectivity index (χ4n) is 2.81. The molecule has 0 unspecified atom stereocenters. The maximum atomic E-state index is 6.50. The van der Waals surface area contributed by atoms with Gasteiger partial charge in [-0.15, -0.1) is 10.2 Å². The molecule has 17 heavy (non-hydrogen) atoms. The van der Waals surface area contributed by atoms with Gasteiger partial charge in [0.1, 0.15) is 5.82 Å². The summed E-state index contributed by atoms with van der Waals surface area (Å²) in [7, 11) is 0. The molecule has 2 aliphatic rings. The van der Waals surface area contributed by atoms with E-state index in [0.29, 0.717) is 0 Å². The summed E-state index contributed by atoms with van der Waals surface area (Å²) >= 11 is 0. The lowest BCUT2D eigenvalue weighted by atomic mass is 9.90. The maximum absolute atomic E-state index is 6.50. The van der Waals surface area contributed by atoms with Crippen molar-refractivity contribution < 1.29 is 4.74 Å². The lowest BCUT2D eigenvalue weighted by molar-refractivity contribution is 0.0477. The fourth-order valence-corrected chi connectivity index (χ4v) is 2.81. The van der Waals surface area contributed by atoms with Crippen molar-refractivity contribution in [1.29, 1.82) is 0 Å². The fraction of sp³-hybridized carbons (Fsp3) is 0.833. The number of ether oxygens (including phenoxy) is 1. The molecular formula is C12H20N4O. The van der Waals surface area contributed by atoms with Crippen molar-refractivity contribution in [3.63, 3.8) is 0 Å². The van der Waals surface area contributed by atoms with Crippen molar-refractivity contribution in [2.24, 2.45) is 5.73 Å². The predicted molar refractivity (Wildman–Crippen MR) is 63.5 cm³/mol. The lowest BCUT2D eigenvalue weighted by Gasteiger charge is -2.32. The SMILES string of the molecule is NC1(c2nnc3n2CCCCC3)CCOCC1. The minimum atomic E-state index is -0.326. The zero-order valence-electron chi connectivity index (χ0n) is 10.2. The first-order valence-electron chi connectivity index (χ1n) is 6.59. The molecule has 5 heteroatoms. The van der Waals surface area contributed by atoms with E-state index < -0.39 is 0 Å². The van der Waals surface area contributed by atoms with Gasteiger partial charge < -0.3 is 15.0 Å². The van der Waals surface area contributed by atoms with E-state index in [-0.39, 0.29) is 5.54 Å². The molecule has 0 atom stereocenters. The highest BCUT2D eigenvalue weighted by Gasteiger charge is 2.35. The lowest BCUT2D eigenvalue weighted by Crippen LogP contribution is -2.44. The molecule has 5 nitrogen and oxygen atoms in total. The van der Waals surface area contributed by atoms with Crippen LogP contribution in [0.2, 0.25) is 0 Å². The van der Waals surface area contributed by atoms with Crippen LogP contribution in [0, 0.1) is 0 Å². The Morgan fingerprint density at radius 2 is 1.94 bits per heavy atom. The summed E-state index contributed by atoms with van der Waals surface area (Å²) in [5, 5.41) is 8.70. The highest BCUT2D eigenvalue weighted by atomic mass is 16.5. The third-order valence-electron chi connectivity index (χ3n) is 3.94. The van der Waals surface area contributed by atoms with E-state index >= 15 is 0 Å². The number of nitrogens with zero attached hydrogens (tertiary/aromatic N) is 3. The van der Waals surface area contributed by atoms with Crippen LogP contribution in [-0.4, -0.2) is 28.0 Å². The van der Waals surface area contributed by atoms with Crippen LogP contribution in [0.5, 0.6) is 0 Å². The van der Waals surface area contributed by atoms with Gasteiger partial charge in [-0.2, -0.15) is 0 Å². The van der Waals surface area contributed by atoms with E-state index in [1.165, 1.54) is 19.3 Å². The van der Waals surface area contributed by atoms with Crippen molar-refractivity contribution >= 4 is 0 Å². The molecule has 0 aromatic carbocycles. The van der Waals surface area contributed by atoms with E-state index in [1.807, 2.05) is 0 Å². The van der Waals surface area contributed by atoms with Crippen LogP contribution in [0.15, 0.2) is 0 Å². The van der Waals surface area contributed by atoms with Gasteiger partial charge in [0, 0.05) is 26.2 Å². The van der Waals surface area contributed by atoms with Gasteiger partial charge in [0.2, 0.25) is 0 Å². The number of hydrogen-bond donors (Lipinski definition) is 1. The molecule has 0 amide bonds. The second-order valence-corrected chi connectivity index (χ2v) is 5.17. The average Bonchev–Trinajstić information content (AvgIpc) is 2.61. The van der Waals surface area contributed by atoms with Gasteiger partial charge in [-0.25, -0.2) is 0 Å². The van der Waals surface area contributed by atoms with Crippen molar-refractivity contribution in [3.8, 4) is 0 Å². The van der Waals surface area contributed by atoms with Crippen molar-refractivity contribution in [1.82, 2.24) is 14.8 Å². The van der Waals surface area contributed by atoms with Gasteiger partial charge in [0.25, 0.3) is 0 Å². The molecule has 0 saturated carbocycles. The molecule has 1 aromatic rings. The van der Waals surface area contributed by atoms with E-state index in [1.54, 1.807) is 0 Å². The highest BCUT2D eigenvalue weighted by molar-refractivity contribution is 5.10. The smallest absolute Gasteiger partial charge is 0.153 e. The van der Waals surface area contributed by atoms with E-state index in [2.05, 4.69) is 14.8 Å². The topological polar surface area (TPSA) is 66.0 Å². The summed E-state index contributed by atoms with van der Waals surface area (Å²) in [5.41, 5.74) is 6.17. The number of aromatic nitrogens is 3. The predicted octanol–water partition coefficient (Wildman–Crippen LogP) is 0.969. The molecule has 0 aliphatic carbocycles. The number of aryl methyl sites for hydroxylation is 1. The Hall–Kier alpha value is -0.940. The highest BCUT2D eigenvalue weighted by Crippen LogP contribution is 2.29. The molecule has 0 spiro atoms. The third-order valence-corrected chi connectivity index (χ3v) is 3.94. The van der Waals surface area contributed by atoms with Crippen molar-refractivity contribution in [2.45, 2.75) is 50.6 Å². The van der Waals surface area contributed by atoms with Gasteiger partial charge >= 0.3 is 0 Å². The molecule has 3 heterocycles. The summed E-state index contributed by atoms with van der Waals surface area (Å²) < 4.78 is 7.66. The molecule has 3 rings (SSSR count). The van der Waals surface area contributed by atoms with Gasteiger partial charge in [-0.3, -0.25) is 0 Å². The Morgan fingerprint density at radius 3 is 2.76 bits per heavy atom. The summed E-state index contributed by atoms with van der Waals surface area (Å²) in [5.74, 6) is 2.10. The third kappa shape index (κ3) is 1.98. The summed E-state index contributed by atoms with van der Waals surface area (Å²) in [4.78, 5) is 0. The maximum Gasteiger partial charge on any atom is 0.153 e. The number of fused-ring (bicyclic) bond motifs is 1. The van der Waals surface area contributed by atoms with E-state index in [9.17, 15) is 0 Å². The van der Waals surface area contributed by atoms with E-state index in [4.69, 9.17) is 10.5 Å². The number of nitrogens with two attached hydrogens (primary N) is 1. The number of hydrogen-bond acceptors (Lipinski definition) is 4. The average molecular weight is 236 g/mol. The van der Waals surface area contributed by atoms with Gasteiger partial charge in [0.15, 0.2) is 5.82 Å². The summed E-state index contributed by atoms with van der Waals surface area (Å²) in [6.45, 7) is 2.49. The van der Waals surface area contributed by atoms with Crippen LogP contribution < -0.4 is 5.73 Å². The number of rotatable bonds is 1. The van der Waals surface area contributed by atoms with Gasteiger partial charge in [0.05, 0.1) is 5.54 Å². The van der Waals surface area contributed by atoms with Crippen LogP contribution in [0.1, 0.15) is 43.8 Å². The zero-order valence-corrected chi connectivity index (χ0v) is 10.2. The first-order valence-corrected chi connectivity index (χ1v) is 6.59. The molecule has 2 aliphatic heterocycles. The minimum Gasteiger partial charge on any atom is -0.381 e. The Bertz CT molecular complexity index is 395. The Balaban J connectivity index is 1.94. The normalized spacial score (nSPS) is 24.1. The molecule has 94 valence electrons. The second kappa shape index (κ2) is 4.38. The molecule has 1 aromatic heterocycles. The Kier molecular flexibility index (Phi) is 2.88. The Labute approximate surface area is 101 Å². The molecular weight excluding hydrogens is 216 g/mol. The van der Waals surface area contributed by atoms with Crippen LogP contribution in [0.3, 0.4) is 0 Å². The minimum absolute atomic E-state index is 0.326. The van der Waals surface area contributed by atoms with Gasteiger partial charge in [-0.05, 0) is 25.7 Å². The molecule has 1 saturated heterocycles. The largest absolute Gasteiger partial charge is 0.381 e. The summed E-state index contributed by atoms with van der Waals surface area (Å²) in [6, 6.07) is 0. The van der Waals surface area contributed by atoms with Gasteiger partial charge in [-0.1, -0.05) is 6.42 Å². The van der Waals surface area contributed by atoms with Crippen LogP contribution >= 0.6 is 0 Å². The van der Waals surface area contributed by atoms with Crippen molar-refractivity contribution in [2.75, 3.05) is 13.2 Å². The monoisotopic (exact) mass is 236 g/mol. The molecule has 0 radical (unpaired) electrons. The van der Waals surface area contributed by atoms with Crippen LogP contribution in [0.4, 0.5) is 0 Å². The summed E-state index contributed by atoms with van der Waals surface area (Å²) in [6.07, 6.45) is 6.46. The quantitative estimate of drug-likeness (QED) is 0.789. The molecule has 1 fully saturated rings. The van der Waals surface area contributed by atoms with E-state index in [0.717, 1.165) is 50.7 Å². The Morgan fingerprint density at radius 1 is 1.12 bits per heavy atom. The second-order valence-electron chi connectivity index (χ2n) is 5.17. The first-order chi connectivity index (χ1) is 8.30. The zero-order chi connectivity index (χ0) is 11.7.